The molecule has 15 rings (SSSR count). The van der Waals surface area contributed by atoms with Gasteiger partial charge in [0.15, 0.2) is 0 Å². The predicted octanol–water partition coefficient (Wildman–Crippen LogP) is 15.6. The third-order valence-corrected chi connectivity index (χ3v) is 15.6. The van der Waals surface area contributed by atoms with E-state index in [4.69, 9.17) is 0 Å². The topological polar surface area (TPSA) is 41.2 Å². The van der Waals surface area contributed by atoms with Crippen LogP contribution < -0.4 is 21.3 Å². The van der Waals surface area contributed by atoms with Crippen molar-refractivity contribution in [1.29, 1.82) is 5.26 Å². The molecule has 4 heterocycles. The van der Waals surface area contributed by atoms with Gasteiger partial charge in [0.2, 0.25) is 5.69 Å². The van der Waals surface area contributed by atoms with Crippen LogP contribution in [0.5, 0.6) is 0 Å². The summed E-state index contributed by atoms with van der Waals surface area (Å²) in [6.45, 7) is 9.20. The smallest absolute Gasteiger partial charge is 0.250 e. The summed E-state index contributed by atoms with van der Waals surface area (Å²) in [6, 6.07) is 88.9. The van der Waals surface area contributed by atoms with Gasteiger partial charge in [-0.3, -0.25) is 0 Å². The lowest BCUT2D eigenvalue weighted by Gasteiger charge is -2.42. The highest BCUT2D eigenvalue weighted by molar-refractivity contribution is 7.00. The molecular formula is C68H40BN5. The third kappa shape index (κ3) is 5.97. The maximum absolute atomic E-state index is 12.1. The highest BCUT2D eigenvalue weighted by Gasteiger charge is 2.46. The first kappa shape index (κ1) is 41.6. The van der Waals surface area contributed by atoms with E-state index in [2.05, 4.69) is 249 Å². The molecule has 74 heavy (non-hydrogen) atoms. The Morgan fingerprint density at radius 2 is 0.865 bits per heavy atom. The number of para-hydroxylation sites is 4. The Hall–Kier alpha value is -10.1. The average molecular weight is 938 g/mol. The van der Waals surface area contributed by atoms with Crippen molar-refractivity contribution in [2.45, 2.75) is 0 Å². The Kier molecular flexibility index (Phi) is 9.11. The minimum Gasteiger partial charge on any atom is -0.320 e. The fourth-order valence-electron chi connectivity index (χ4n) is 12.4. The molecule has 0 unspecified atom stereocenters. The molecule has 2 aromatic heterocycles. The zero-order chi connectivity index (χ0) is 49.0. The number of nitriles is 1. The van der Waals surface area contributed by atoms with E-state index >= 15 is 0 Å². The summed E-state index contributed by atoms with van der Waals surface area (Å²) in [5, 5.41) is 16.4. The van der Waals surface area contributed by atoms with E-state index in [1.54, 1.807) is 0 Å². The Morgan fingerprint density at radius 3 is 1.46 bits per heavy atom. The van der Waals surface area contributed by atoms with Gasteiger partial charge in [0.05, 0.1) is 45.7 Å². The summed E-state index contributed by atoms with van der Waals surface area (Å²) in [5.41, 5.74) is 21.2. The number of rotatable bonds is 6. The van der Waals surface area contributed by atoms with Crippen molar-refractivity contribution < 1.29 is 0 Å². The van der Waals surface area contributed by atoms with Crippen molar-refractivity contribution in [3.63, 3.8) is 0 Å². The molecule has 0 fully saturated rings. The summed E-state index contributed by atoms with van der Waals surface area (Å²) in [5.74, 6) is 0. The zero-order valence-electron chi connectivity index (χ0n) is 39.9. The van der Waals surface area contributed by atoms with Gasteiger partial charge in [-0.2, -0.15) is 5.26 Å². The molecule has 0 saturated heterocycles. The summed E-state index contributed by atoms with van der Waals surface area (Å²) in [6.07, 6.45) is 0. The second-order valence-corrected chi connectivity index (χ2v) is 19.4. The van der Waals surface area contributed by atoms with Crippen LogP contribution in [0.4, 0.5) is 22.7 Å². The van der Waals surface area contributed by atoms with Crippen molar-refractivity contribution in [3.8, 4) is 62.0 Å². The van der Waals surface area contributed by atoms with E-state index in [-0.39, 0.29) is 6.71 Å². The molecule has 2 aliphatic heterocycles. The Bertz CT molecular complexity index is 4400. The summed E-state index contributed by atoms with van der Waals surface area (Å²) in [4.78, 5) is 6.91. The molecule has 0 saturated carbocycles. The molecule has 0 bridgehead atoms. The molecule has 0 radical (unpaired) electrons. The molecular weight excluding hydrogens is 898 g/mol. The van der Waals surface area contributed by atoms with E-state index < -0.39 is 0 Å². The number of hydrogen-bond acceptors (Lipinski definition) is 2. The molecule has 0 spiro atoms. The van der Waals surface area contributed by atoms with E-state index in [1.807, 2.05) is 18.2 Å². The molecule has 0 N–H and O–H groups in total. The molecule has 0 aliphatic carbocycles. The monoisotopic (exact) mass is 937 g/mol. The maximum Gasteiger partial charge on any atom is 0.250 e. The van der Waals surface area contributed by atoms with Gasteiger partial charge in [-0.25, -0.2) is 4.85 Å². The number of benzene rings is 11. The second kappa shape index (κ2) is 16.2. The van der Waals surface area contributed by atoms with Gasteiger partial charge < -0.3 is 14.0 Å². The summed E-state index contributed by atoms with van der Waals surface area (Å²) in [7, 11) is 0. The van der Waals surface area contributed by atoms with E-state index in [0.717, 1.165) is 116 Å². The maximum atomic E-state index is 12.1. The fraction of sp³-hybridized carbons (Fsp3) is 0. The lowest BCUT2D eigenvalue weighted by atomic mass is 9.33. The van der Waals surface area contributed by atoms with Crippen LogP contribution in [-0.2, 0) is 0 Å². The second-order valence-electron chi connectivity index (χ2n) is 19.4. The number of fused-ring (bicyclic) bond motifs is 10. The highest BCUT2D eigenvalue weighted by Crippen LogP contribution is 2.51. The van der Waals surface area contributed by atoms with Crippen molar-refractivity contribution in [2.75, 3.05) is 4.90 Å². The van der Waals surface area contributed by atoms with E-state index in [9.17, 15) is 11.8 Å². The number of hydrogen-bond donors (Lipinski definition) is 0. The molecule has 2 aliphatic rings. The minimum absolute atomic E-state index is 0.247. The first-order valence-electron chi connectivity index (χ1n) is 25.0. The molecule has 13 aromatic rings. The van der Waals surface area contributed by atoms with Crippen LogP contribution in [0.2, 0.25) is 0 Å². The highest BCUT2D eigenvalue weighted by atomic mass is 15.2. The normalized spacial score (nSPS) is 12.2. The lowest BCUT2D eigenvalue weighted by Crippen LogP contribution is -2.60. The predicted molar refractivity (Wildman–Crippen MR) is 307 cm³/mol. The van der Waals surface area contributed by atoms with Crippen LogP contribution in [0.1, 0.15) is 5.56 Å². The SMILES string of the molecule is [C-]#[N+]c1c(-n2c3ccc(-c4ccc(-c5ccccc5)cc4)cc3c3cc(-c4ccc(-c5ccccc5)cc4)ccc32)c(C#N)c2c3c1-n1c4ccccc4c4cccc(c41)B3c1ccccc1N2c1ccccc1. The molecule has 11 aromatic carbocycles. The molecule has 6 heteroatoms. The summed E-state index contributed by atoms with van der Waals surface area (Å²) < 4.78 is 4.56. The Labute approximate surface area is 428 Å². The van der Waals surface area contributed by atoms with Gasteiger partial charge in [-0.05, 0) is 109 Å². The standard InChI is InChI=1S/C68H40BN5/c1-71-64-67(56(42-70)66-63-68(64)74-59-26-13-11-22-52(59)53-23-15-25-58(65(53)74)69(63)57-24-12-14-27-62(57)72(66)51-20-9-4-10-21-51)73-60-38-36-49(47-32-28-45(29-33-47)43-16-5-2-6-17-43)40-54(60)55-41-50(37-39-61(55)73)48-34-30-46(31-35-48)44-18-7-3-8-19-44/h2-41H. The summed E-state index contributed by atoms with van der Waals surface area (Å²) >= 11 is 0. The average Bonchev–Trinajstić information content (AvgIpc) is 4.11. The van der Waals surface area contributed by atoms with Gasteiger partial charge in [-0.15, -0.1) is 0 Å². The minimum atomic E-state index is -0.247. The van der Waals surface area contributed by atoms with Gasteiger partial charge in [0.1, 0.15) is 6.07 Å². The third-order valence-electron chi connectivity index (χ3n) is 15.6. The van der Waals surface area contributed by atoms with Crippen molar-refractivity contribution >= 4 is 89.5 Å². The Morgan fingerprint density at radius 1 is 0.392 bits per heavy atom. The number of nitrogens with zero attached hydrogens (tertiary/aromatic N) is 5. The fourth-order valence-corrected chi connectivity index (χ4v) is 12.4. The van der Waals surface area contributed by atoms with Crippen LogP contribution in [0.15, 0.2) is 243 Å². The number of anilines is 3. The lowest BCUT2D eigenvalue weighted by molar-refractivity contribution is 1.13. The van der Waals surface area contributed by atoms with Crippen LogP contribution in [-0.4, -0.2) is 15.8 Å². The van der Waals surface area contributed by atoms with Crippen LogP contribution in [0, 0.1) is 17.9 Å². The number of aromatic nitrogens is 2. The van der Waals surface area contributed by atoms with Crippen molar-refractivity contribution in [1.82, 2.24) is 9.13 Å². The van der Waals surface area contributed by atoms with Gasteiger partial charge in [0, 0.05) is 38.4 Å². The zero-order valence-corrected chi connectivity index (χ0v) is 39.9. The molecule has 340 valence electrons. The first-order chi connectivity index (χ1) is 36.7. The van der Waals surface area contributed by atoms with Crippen molar-refractivity contribution in [2.24, 2.45) is 0 Å². The molecule has 0 amide bonds. The van der Waals surface area contributed by atoms with Gasteiger partial charge >= 0.3 is 0 Å². The van der Waals surface area contributed by atoms with Gasteiger partial charge in [-0.1, -0.05) is 194 Å². The van der Waals surface area contributed by atoms with E-state index in [1.165, 1.54) is 11.1 Å². The quantitative estimate of drug-likeness (QED) is 0.123. The van der Waals surface area contributed by atoms with Gasteiger partial charge in [0.25, 0.3) is 6.71 Å². The molecule has 0 atom stereocenters. The Balaban J connectivity index is 1.05. The van der Waals surface area contributed by atoms with Crippen LogP contribution >= 0.6 is 0 Å². The van der Waals surface area contributed by atoms with Crippen LogP contribution in [0.3, 0.4) is 0 Å². The first-order valence-corrected chi connectivity index (χ1v) is 25.0. The van der Waals surface area contributed by atoms with Crippen molar-refractivity contribution in [3.05, 3.63) is 260 Å². The van der Waals surface area contributed by atoms with E-state index in [0.29, 0.717) is 16.9 Å². The molecule has 5 nitrogen and oxygen atoms in total. The largest absolute Gasteiger partial charge is 0.320 e. The van der Waals surface area contributed by atoms with Crippen LogP contribution in [0.25, 0.3) is 104 Å².